The van der Waals surface area contributed by atoms with E-state index in [-0.39, 0.29) is 5.60 Å². The van der Waals surface area contributed by atoms with Gasteiger partial charge in [-0.3, -0.25) is 9.47 Å². The van der Waals surface area contributed by atoms with Gasteiger partial charge >= 0.3 is 0 Å². The van der Waals surface area contributed by atoms with Crippen molar-refractivity contribution in [3.63, 3.8) is 0 Å². The minimum absolute atomic E-state index is 0.0796. The standard InChI is InChI=1S/C29H39N7O2/c1-20-18-21-8-6-7-9-23(21)36(20)28-31-26-25(27(32-28)35-14-16-38-17-15-35)30-24(33(26)4)19-34-12-10-22(11-13-34)29(2,3)37-5/h6-9,18,22H,10-17,19H2,1-5H3. The average Bonchev–Trinajstić information content (AvgIpc) is 3.44. The molecule has 38 heavy (non-hydrogen) atoms. The number of nitrogens with zero attached hydrogens (tertiary/aromatic N) is 7. The molecule has 0 unspecified atom stereocenters. The molecule has 4 aromatic rings. The van der Waals surface area contributed by atoms with Gasteiger partial charge in [0.15, 0.2) is 17.0 Å². The molecule has 0 spiro atoms. The topological polar surface area (TPSA) is 73.5 Å². The molecule has 9 heteroatoms. The van der Waals surface area contributed by atoms with Gasteiger partial charge in [-0.2, -0.15) is 9.97 Å². The summed E-state index contributed by atoms with van der Waals surface area (Å²) in [6, 6.07) is 10.6. The van der Waals surface area contributed by atoms with Crippen molar-refractivity contribution in [1.82, 2.24) is 29.0 Å². The number of methoxy groups -OCH3 is 1. The highest BCUT2D eigenvalue weighted by Crippen LogP contribution is 2.32. The normalized spacial score (nSPS) is 18.2. The largest absolute Gasteiger partial charge is 0.379 e. The molecule has 0 atom stereocenters. The molecule has 0 N–H and O–H groups in total. The molecule has 202 valence electrons. The Balaban J connectivity index is 1.38. The fourth-order valence-corrected chi connectivity index (χ4v) is 6.03. The van der Waals surface area contributed by atoms with Gasteiger partial charge < -0.3 is 18.9 Å². The molecule has 0 aliphatic carbocycles. The number of anilines is 1. The maximum atomic E-state index is 5.77. The SMILES string of the molecule is COC(C)(C)C1CCN(Cc2nc3c(N4CCOCC4)nc(-n4c(C)cc5ccccc54)nc3n2C)CC1. The number of hydrogen-bond donors (Lipinski definition) is 0. The Morgan fingerprint density at radius 2 is 1.76 bits per heavy atom. The summed E-state index contributed by atoms with van der Waals surface area (Å²) in [4.78, 5) is 20.2. The lowest BCUT2D eigenvalue weighted by Gasteiger charge is -2.39. The van der Waals surface area contributed by atoms with Crippen molar-refractivity contribution in [3.8, 4) is 5.95 Å². The Kier molecular flexibility index (Phi) is 6.62. The molecule has 0 amide bonds. The molecular weight excluding hydrogens is 478 g/mol. The van der Waals surface area contributed by atoms with Gasteiger partial charge in [0.2, 0.25) is 5.95 Å². The number of rotatable bonds is 6. The van der Waals surface area contributed by atoms with Crippen LogP contribution in [0.4, 0.5) is 5.82 Å². The van der Waals surface area contributed by atoms with Crippen LogP contribution in [0.25, 0.3) is 28.0 Å². The zero-order valence-corrected chi connectivity index (χ0v) is 23.3. The fraction of sp³-hybridized carbons (Fsp3) is 0.552. The van der Waals surface area contributed by atoms with Crippen molar-refractivity contribution in [2.45, 2.75) is 45.8 Å². The van der Waals surface area contributed by atoms with Crippen molar-refractivity contribution >= 4 is 27.9 Å². The molecule has 2 aliphatic heterocycles. The van der Waals surface area contributed by atoms with Crippen LogP contribution in [0, 0.1) is 12.8 Å². The summed E-state index contributed by atoms with van der Waals surface area (Å²) in [7, 11) is 3.91. The van der Waals surface area contributed by atoms with Crippen molar-refractivity contribution in [2.75, 3.05) is 51.4 Å². The van der Waals surface area contributed by atoms with E-state index in [9.17, 15) is 0 Å². The minimum Gasteiger partial charge on any atom is -0.379 e. The molecule has 5 heterocycles. The Labute approximate surface area is 224 Å². The monoisotopic (exact) mass is 517 g/mol. The minimum atomic E-state index is -0.0796. The predicted octanol–water partition coefficient (Wildman–Crippen LogP) is 4.09. The van der Waals surface area contributed by atoms with E-state index in [2.05, 4.69) is 77.1 Å². The van der Waals surface area contributed by atoms with Crippen LogP contribution in [0.5, 0.6) is 0 Å². The first-order valence-electron chi connectivity index (χ1n) is 13.8. The Morgan fingerprint density at radius 3 is 2.50 bits per heavy atom. The summed E-state index contributed by atoms with van der Waals surface area (Å²) in [6.07, 6.45) is 2.27. The Morgan fingerprint density at radius 1 is 1.03 bits per heavy atom. The second kappa shape index (κ2) is 9.94. The molecule has 9 nitrogen and oxygen atoms in total. The van der Waals surface area contributed by atoms with Crippen LogP contribution in [0.1, 0.15) is 38.2 Å². The third-order valence-corrected chi connectivity index (χ3v) is 8.65. The van der Waals surface area contributed by atoms with Gasteiger partial charge in [0, 0.05) is 38.3 Å². The lowest BCUT2D eigenvalue weighted by Crippen LogP contribution is -2.42. The third kappa shape index (κ3) is 4.46. The first-order chi connectivity index (χ1) is 18.4. The summed E-state index contributed by atoms with van der Waals surface area (Å²) < 4.78 is 15.7. The number of aromatic nitrogens is 5. The number of hydrogen-bond acceptors (Lipinski definition) is 7. The summed E-state index contributed by atoms with van der Waals surface area (Å²) in [5.41, 5.74) is 3.89. The first-order valence-corrected chi connectivity index (χ1v) is 13.8. The lowest BCUT2D eigenvalue weighted by atomic mass is 9.83. The molecule has 2 fully saturated rings. The highest BCUT2D eigenvalue weighted by atomic mass is 16.5. The molecular formula is C29H39N7O2. The molecule has 2 aliphatic rings. The van der Waals surface area contributed by atoms with Gasteiger partial charge in [-0.15, -0.1) is 0 Å². The summed E-state index contributed by atoms with van der Waals surface area (Å²) >= 11 is 0. The molecule has 6 rings (SSSR count). The first kappa shape index (κ1) is 25.3. The van der Waals surface area contributed by atoms with Crippen LogP contribution in [-0.2, 0) is 23.1 Å². The molecule has 2 saturated heterocycles. The van der Waals surface area contributed by atoms with E-state index in [1.165, 1.54) is 5.39 Å². The van der Waals surface area contributed by atoms with E-state index < -0.39 is 0 Å². The number of benzene rings is 1. The van der Waals surface area contributed by atoms with Crippen LogP contribution < -0.4 is 4.90 Å². The van der Waals surface area contributed by atoms with Gasteiger partial charge in [-0.05, 0) is 64.8 Å². The maximum absolute atomic E-state index is 5.77. The number of likely N-dealkylation sites (tertiary alicyclic amines) is 1. The van der Waals surface area contributed by atoms with Crippen LogP contribution in [0.3, 0.4) is 0 Å². The molecule has 3 aromatic heterocycles. The Hall–Kier alpha value is -3.01. The zero-order chi connectivity index (χ0) is 26.4. The average molecular weight is 518 g/mol. The van der Waals surface area contributed by atoms with E-state index in [1.54, 1.807) is 0 Å². The van der Waals surface area contributed by atoms with Crippen molar-refractivity contribution in [2.24, 2.45) is 13.0 Å². The van der Waals surface area contributed by atoms with E-state index >= 15 is 0 Å². The van der Waals surface area contributed by atoms with Crippen molar-refractivity contribution < 1.29 is 9.47 Å². The summed E-state index contributed by atoms with van der Waals surface area (Å²) in [5.74, 6) is 3.19. The van der Waals surface area contributed by atoms with E-state index in [0.29, 0.717) is 25.1 Å². The second-order valence-electron chi connectivity index (χ2n) is 11.2. The smallest absolute Gasteiger partial charge is 0.238 e. The van der Waals surface area contributed by atoms with Gasteiger partial charge in [0.1, 0.15) is 5.82 Å². The van der Waals surface area contributed by atoms with E-state index in [0.717, 1.165) is 79.6 Å². The number of piperidine rings is 1. The van der Waals surface area contributed by atoms with E-state index in [4.69, 9.17) is 24.4 Å². The van der Waals surface area contributed by atoms with Gasteiger partial charge in [0.25, 0.3) is 0 Å². The zero-order valence-electron chi connectivity index (χ0n) is 23.3. The summed E-state index contributed by atoms with van der Waals surface area (Å²) in [6.45, 7) is 12.4. The van der Waals surface area contributed by atoms with Crippen molar-refractivity contribution in [3.05, 3.63) is 41.9 Å². The number of para-hydroxylation sites is 1. The lowest BCUT2D eigenvalue weighted by molar-refractivity contribution is -0.0495. The predicted molar refractivity (Wildman–Crippen MR) is 150 cm³/mol. The van der Waals surface area contributed by atoms with E-state index in [1.807, 2.05) is 7.11 Å². The number of aryl methyl sites for hydroxylation is 2. The fourth-order valence-electron chi connectivity index (χ4n) is 6.03. The highest BCUT2D eigenvalue weighted by Gasteiger charge is 2.33. The molecule has 0 saturated carbocycles. The quantitative estimate of drug-likeness (QED) is 0.381. The maximum Gasteiger partial charge on any atom is 0.238 e. The van der Waals surface area contributed by atoms with Crippen LogP contribution in [-0.4, -0.2) is 81.1 Å². The van der Waals surface area contributed by atoms with Crippen LogP contribution in [0.15, 0.2) is 30.3 Å². The third-order valence-electron chi connectivity index (χ3n) is 8.65. The number of fused-ring (bicyclic) bond motifs is 2. The number of imidazole rings is 1. The summed E-state index contributed by atoms with van der Waals surface area (Å²) in [5, 5.41) is 1.19. The number of ether oxygens (including phenoxy) is 2. The number of morpholine rings is 1. The highest BCUT2D eigenvalue weighted by molar-refractivity contribution is 5.87. The Bertz CT molecular complexity index is 1440. The van der Waals surface area contributed by atoms with Crippen LogP contribution in [0.2, 0.25) is 0 Å². The van der Waals surface area contributed by atoms with Crippen LogP contribution >= 0.6 is 0 Å². The van der Waals surface area contributed by atoms with Gasteiger partial charge in [-0.25, -0.2) is 4.98 Å². The van der Waals surface area contributed by atoms with Gasteiger partial charge in [0.05, 0.1) is 30.9 Å². The van der Waals surface area contributed by atoms with Gasteiger partial charge in [-0.1, -0.05) is 18.2 Å². The molecule has 0 bridgehead atoms. The molecule has 0 radical (unpaired) electrons. The molecule has 1 aromatic carbocycles. The van der Waals surface area contributed by atoms with Crippen molar-refractivity contribution in [1.29, 1.82) is 0 Å². The second-order valence-corrected chi connectivity index (χ2v) is 11.2.